The van der Waals surface area contributed by atoms with Gasteiger partial charge in [-0.2, -0.15) is 5.10 Å². The van der Waals surface area contributed by atoms with Crippen LogP contribution in [0.15, 0.2) is 12.1 Å². The fourth-order valence-electron chi connectivity index (χ4n) is 1.82. The number of nitrogens with zero attached hydrogens (tertiary/aromatic N) is 4. The van der Waals surface area contributed by atoms with Gasteiger partial charge in [0.15, 0.2) is 0 Å². The number of aryl methyl sites for hydroxylation is 2. The van der Waals surface area contributed by atoms with Gasteiger partial charge in [0.2, 0.25) is 5.88 Å². The molecule has 0 aliphatic rings. The van der Waals surface area contributed by atoms with Crippen molar-refractivity contribution < 1.29 is 9.84 Å². The zero-order valence-electron chi connectivity index (χ0n) is 11.0. The van der Waals surface area contributed by atoms with Gasteiger partial charge in [-0.1, -0.05) is 11.6 Å². The predicted octanol–water partition coefficient (Wildman–Crippen LogP) is 1.46. The number of rotatable bonds is 4. The molecule has 1 atom stereocenters. The zero-order chi connectivity index (χ0) is 14.0. The summed E-state index contributed by atoms with van der Waals surface area (Å²) in [5, 5.41) is 22.6. The lowest BCUT2D eigenvalue weighted by Crippen LogP contribution is -2.06. The zero-order valence-corrected chi connectivity index (χ0v) is 11.7. The normalized spacial score (nSPS) is 12.5. The molecule has 0 amide bonds. The molecular formula is C12H15ClN4O2. The lowest BCUT2D eigenvalue weighted by molar-refractivity contribution is 0.171. The minimum Gasteiger partial charge on any atom is -0.480 e. The maximum absolute atomic E-state index is 10.2. The highest BCUT2D eigenvalue weighted by Crippen LogP contribution is 2.25. The lowest BCUT2D eigenvalue weighted by atomic mass is 10.1. The molecule has 6 nitrogen and oxygen atoms in total. The molecule has 0 radical (unpaired) electrons. The Morgan fingerprint density at radius 2 is 2.16 bits per heavy atom. The Kier molecular flexibility index (Phi) is 4.01. The van der Waals surface area contributed by atoms with Gasteiger partial charge in [-0.15, -0.1) is 10.2 Å². The van der Waals surface area contributed by atoms with Crippen LogP contribution in [0.1, 0.15) is 23.1 Å². The fourth-order valence-corrected chi connectivity index (χ4v) is 2.07. The monoisotopic (exact) mass is 282 g/mol. The van der Waals surface area contributed by atoms with Gasteiger partial charge in [0, 0.05) is 25.1 Å². The third-order valence-corrected chi connectivity index (χ3v) is 3.35. The quantitative estimate of drug-likeness (QED) is 0.919. The van der Waals surface area contributed by atoms with Crippen molar-refractivity contribution in [2.45, 2.75) is 19.4 Å². The van der Waals surface area contributed by atoms with E-state index in [1.54, 1.807) is 23.9 Å². The summed E-state index contributed by atoms with van der Waals surface area (Å²) in [5.41, 5.74) is 2.09. The summed E-state index contributed by atoms with van der Waals surface area (Å²) < 4.78 is 6.50. The van der Waals surface area contributed by atoms with Crippen molar-refractivity contribution in [1.82, 2.24) is 20.0 Å². The number of ether oxygens (including phenoxy) is 1. The molecule has 0 saturated heterocycles. The van der Waals surface area contributed by atoms with E-state index in [0.717, 1.165) is 11.3 Å². The molecule has 7 heteroatoms. The molecule has 0 aliphatic carbocycles. The summed E-state index contributed by atoms with van der Waals surface area (Å²) in [6, 6.07) is 3.33. The van der Waals surface area contributed by atoms with Crippen LogP contribution in [0.25, 0.3) is 0 Å². The number of aliphatic hydroxyl groups excluding tert-OH is 1. The highest BCUT2D eigenvalue weighted by molar-refractivity contribution is 6.30. The minimum absolute atomic E-state index is 0.347. The Balaban J connectivity index is 2.17. The van der Waals surface area contributed by atoms with E-state index in [9.17, 15) is 5.11 Å². The van der Waals surface area contributed by atoms with Gasteiger partial charge in [-0.05, 0) is 13.0 Å². The Labute approximate surface area is 116 Å². The molecule has 1 N–H and O–H groups in total. The largest absolute Gasteiger partial charge is 0.480 e. The SMILES string of the molecule is COc1ccc(C(O)Cc2c(C)nn(C)c2Cl)nn1. The van der Waals surface area contributed by atoms with Crippen LogP contribution in [0.2, 0.25) is 5.15 Å². The second kappa shape index (κ2) is 5.54. The third kappa shape index (κ3) is 2.85. The number of methoxy groups -OCH3 is 1. The molecule has 2 rings (SSSR count). The molecular weight excluding hydrogens is 268 g/mol. The molecule has 2 aromatic rings. The van der Waals surface area contributed by atoms with Crippen LogP contribution >= 0.6 is 11.6 Å². The van der Waals surface area contributed by atoms with E-state index in [1.165, 1.54) is 7.11 Å². The van der Waals surface area contributed by atoms with Gasteiger partial charge in [-0.3, -0.25) is 4.68 Å². The minimum atomic E-state index is -0.779. The van der Waals surface area contributed by atoms with Crippen LogP contribution in [-0.4, -0.2) is 32.2 Å². The first-order chi connectivity index (χ1) is 9.02. The van der Waals surface area contributed by atoms with Crippen LogP contribution in [0, 0.1) is 6.92 Å². The second-order valence-corrected chi connectivity index (χ2v) is 4.56. The average Bonchev–Trinajstić information content (AvgIpc) is 2.65. The fraction of sp³-hybridized carbons (Fsp3) is 0.417. The summed E-state index contributed by atoms with van der Waals surface area (Å²) in [6.07, 6.45) is -0.432. The maximum atomic E-state index is 10.2. The van der Waals surface area contributed by atoms with Crippen LogP contribution in [-0.2, 0) is 13.5 Å². The molecule has 102 valence electrons. The number of halogens is 1. The van der Waals surface area contributed by atoms with E-state index in [1.807, 2.05) is 6.92 Å². The highest BCUT2D eigenvalue weighted by atomic mass is 35.5. The van der Waals surface area contributed by atoms with Gasteiger partial charge in [0.05, 0.1) is 18.5 Å². The summed E-state index contributed by atoms with van der Waals surface area (Å²) >= 11 is 6.13. The molecule has 2 aromatic heterocycles. The van der Waals surface area contributed by atoms with Gasteiger partial charge in [0.1, 0.15) is 11.3 Å². The van der Waals surface area contributed by atoms with Crippen molar-refractivity contribution >= 4 is 11.6 Å². The first-order valence-corrected chi connectivity index (χ1v) is 6.14. The average molecular weight is 283 g/mol. The van der Waals surface area contributed by atoms with Crippen molar-refractivity contribution in [3.8, 4) is 5.88 Å². The Morgan fingerprint density at radius 1 is 1.42 bits per heavy atom. The second-order valence-electron chi connectivity index (χ2n) is 4.20. The van der Waals surface area contributed by atoms with Crippen LogP contribution in [0.4, 0.5) is 0 Å². The van der Waals surface area contributed by atoms with Gasteiger partial charge >= 0.3 is 0 Å². The molecule has 2 heterocycles. The van der Waals surface area contributed by atoms with Crippen molar-refractivity contribution in [2.75, 3.05) is 7.11 Å². The molecule has 0 bridgehead atoms. The number of aromatic nitrogens is 4. The molecule has 0 fully saturated rings. The molecule has 0 saturated carbocycles. The highest BCUT2D eigenvalue weighted by Gasteiger charge is 2.18. The number of hydrogen-bond donors (Lipinski definition) is 1. The third-order valence-electron chi connectivity index (χ3n) is 2.88. The first kappa shape index (κ1) is 13.8. The van der Waals surface area contributed by atoms with E-state index in [4.69, 9.17) is 16.3 Å². The molecule has 1 unspecified atom stereocenters. The van der Waals surface area contributed by atoms with Crippen LogP contribution in [0.3, 0.4) is 0 Å². The lowest BCUT2D eigenvalue weighted by Gasteiger charge is -2.09. The molecule has 0 aromatic carbocycles. The Hall–Kier alpha value is -1.66. The molecule has 0 aliphatic heterocycles. The molecule has 19 heavy (non-hydrogen) atoms. The summed E-state index contributed by atoms with van der Waals surface area (Å²) in [4.78, 5) is 0. The summed E-state index contributed by atoms with van der Waals surface area (Å²) in [5.74, 6) is 0.409. The summed E-state index contributed by atoms with van der Waals surface area (Å²) in [6.45, 7) is 1.85. The van der Waals surface area contributed by atoms with Crippen molar-refractivity contribution in [3.05, 3.63) is 34.2 Å². The number of hydrogen-bond acceptors (Lipinski definition) is 5. The standard InChI is InChI=1S/C12H15ClN4O2/c1-7-8(12(13)17(2)16-7)6-10(18)9-4-5-11(19-3)15-14-9/h4-5,10,18H,6H2,1-3H3. The van der Waals surface area contributed by atoms with E-state index in [-0.39, 0.29) is 0 Å². The van der Waals surface area contributed by atoms with E-state index in [2.05, 4.69) is 15.3 Å². The first-order valence-electron chi connectivity index (χ1n) is 5.76. The summed E-state index contributed by atoms with van der Waals surface area (Å²) in [7, 11) is 3.28. The smallest absolute Gasteiger partial charge is 0.233 e. The van der Waals surface area contributed by atoms with Crippen LogP contribution in [0.5, 0.6) is 5.88 Å². The van der Waals surface area contributed by atoms with Gasteiger partial charge in [-0.25, -0.2) is 0 Å². The van der Waals surface area contributed by atoms with E-state index < -0.39 is 6.10 Å². The van der Waals surface area contributed by atoms with Gasteiger partial charge < -0.3 is 9.84 Å². The van der Waals surface area contributed by atoms with Gasteiger partial charge in [0.25, 0.3) is 0 Å². The van der Waals surface area contributed by atoms with Crippen molar-refractivity contribution in [3.63, 3.8) is 0 Å². The molecule has 0 spiro atoms. The maximum Gasteiger partial charge on any atom is 0.233 e. The van der Waals surface area contributed by atoms with E-state index >= 15 is 0 Å². The Morgan fingerprint density at radius 3 is 2.63 bits per heavy atom. The van der Waals surface area contributed by atoms with Crippen LogP contribution < -0.4 is 4.74 Å². The predicted molar refractivity (Wildman–Crippen MR) is 70.2 cm³/mol. The topological polar surface area (TPSA) is 73.1 Å². The van der Waals surface area contributed by atoms with E-state index in [0.29, 0.717) is 23.1 Å². The van der Waals surface area contributed by atoms with Crippen molar-refractivity contribution in [1.29, 1.82) is 0 Å². The Bertz CT molecular complexity index is 568. The van der Waals surface area contributed by atoms with Crippen molar-refractivity contribution in [2.24, 2.45) is 7.05 Å². The number of aliphatic hydroxyl groups is 1.